The van der Waals surface area contributed by atoms with Crippen molar-refractivity contribution in [3.05, 3.63) is 32.9 Å². The molecule has 1 aromatic heterocycles. The van der Waals surface area contributed by atoms with E-state index in [1.165, 1.54) is 4.90 Å². The number of piperidine rings is 1. The van der Waals surface area contributed by atoms with E-state index >= 15 is 0 Å². The standard InChI is InChI=1S/C25H30Cl2F4N4O5S2/c1-4-16(25(29,30)31)34-42(39,40)15-6-5-14(17(26)18(15)27)20-19(23(37)35-11-7-13(28)8-12-35)33-22(41-20)21(36)32-10-9-24(2,3)38/h5-6,13,16,34,38H,4,7-12H2,1-3H3,(H,32,36)/t16-/m0/s1. The van der Waals surface area contributed by atoms with Crippen molar-refractivity contribution in [3.8, 4) is 10.4 Å². The van der Waals surface area contributed by atoms with E-state index in [-0.39, 0.29) is 60.0 Å². The zero-order chi connectivity index (χ0) is 31.6. The first-order valence-corrected chi connectivity index (χ1v) is 15.9. The highest BCUT2D eigenvalue weighted by Gasteiger charge is 2.41. The van der Waals surface area contributed by atoms with Gasteiger partial charge in [0.2, 0.25) is 10.0 Å². The minimum atomic E-state index is -4.85. The Morgan fingerprint density at radius 1 is 1.19 bits per heavy atom. The first kappa shape index (κ1) is 34.5. The van der Waals surface area contributed by atoms with Crippen molar-refractivity contribution in [3.63, 3.8) is 0 Å². The minimum Gasteiger partial charge on any atom is -0.390 e. The molecule has 3 rings (SSSR count). The summed E-state index contributed by atoms with van der Waals surface area (Å²) in [5.41, 5.74) is -1.25. The quantitative estimate of drug-likeness (QED) is 0.297. The molecule has 1 aliphatic rings. The number of hydrogen-bond acceptors (Lipinski definition) is 7. The summed E-state index contributed by atoms with van der Waals surface area (Å²) in [7, 11) is -4.78. The maximum Gasteiger partial charge on any atom is 0.404 e. The van der Waals surface area contributed by atoms with E-state index in [1.807, 2.05) is 0 Å². The number of nitrogens with zero attached hydrogens (tertiary/aromatic N) is 2. The molecule has 0 spiro atoms. The molecule has 0 bridgehead atoms. The van der Waals surface area contributed by atoms with Gasteiger partial charge in [0.25, 0.3) is 11.8 Å². The Kier molecular flexibility index (Phi) is 10.9. The molecule has 0 unspecified atom stereocenters. The topological polar surface area (TPSA) is 129 Å². The average molecular weight is 678 g/mol. The second-order valence-corrected chi connectivity index (χ2v) is 13.8. The number of hydrogen-bond donors (Lipinski definition) is 3. The van der Waals surface area contributed by atoms with E-state index in [1.54, 1.807) is 18.6 Å². The number of aliphatic hydroxyl groups is 1. The Bertz CT molecular complexity index is 1420. The lowest BCUT2D eigenvalue weighted by Gasteiger charge is -2.28. The van der Waals surface area contributed by atoms with Crippen LogP contribution >= 0.6 is 34.5 Å². The highest BCUT2D eigenvalue weighted by molar-refractivity contribution is 7.89. The third kappa shape index (κ3) is 8.32. The van der Waals surface area contributed by atoms with Gasteiger partial charge in [-0.25, -0.2) is 17.8 Å². The molecular weight excluding hydrogens is 647 g/mol. The Labute approximate surface area is 254 Å². The van der Waals surface area contributed by atoms with Crippen LogP contribution in [0.25, 0.3) is 10.4 Å². The van der Waals surface area contributed by atoms with E-state index in [0.29, 0.717) is 0 Å². The highest BCUT2D eigenvalue weighted by Crippen LogP contribution is 2.42. The number of halogens is 6. The molecular formula is C25H30Cl2F4N4O5S2. The summed E-state index contributed by atoms with van der Waals surface area (Å²) in [4.78, 5) is 31.2. The third-order valence-electron chi connectivity index (χ3n) is 6.44. The second kappa shape index (κ2) is 13.3. The summed E-state index contributed by atoms with van der Waals surface area (Å²) < 4.78 is 80.6. The lowest BCUT2D eigenvalue weighted by molar-refractivity contribution is -0.151. The van der Waals surface area contributed by atoms with Gasteiger partial charge < -0.3 is 15.3 Å². The summed E-state index contributed by atoms with van der Waals surface area (Å²) in [6.45, 7) is 4.57. The fraction of sp³-hybridized carbons (Fsp3) is 0.560. The van der Waals surface area contributed by atoms with Gasteiger partial charge in [0.15, 0.2) is 5.01 Å². The number of likely N-dealkylation sites (tertiary alicyclic amines) is 1. The fourth-order valence-corrected chi connectivity index (χ4v) is 7.28. The molecule has 1 saturated heterocycles. The molecule has 0 radical (unpaired) electrons. The molecule has 42 heavy (non-hydrogen) atoms. The van der Waals surface area contributed by atoms with Gasteiger partial charge in [0.1, 0.15) is 22.8 Å². The van der Waals surface area contributed by atoms with Crippen LogP contribution < -0.4 is 10.0 Å². The predicted octanol–water partition coefficient (Wildman–Crippen LogP) is 5.20. The largest absolute Gasteiger partial charge is 0.404 e. The van der Waals surface area contributed by atoms with Crippen LogP contribution in [0.2, 0.25) is 10.0 Å². The Balaban J connectivity index is 2.04. The number of benzene rings is 1. The van der Waals surface area contributed by atoms with E-state index in [4.69, 9.17) is 23.2 Å². The Morgan fingerprint density at radius 2 is 1.81 bits per heavy atom. The summed E-state index contributed by atoms with van der Waals surface area (Å²) in [6.07, 6.45) is -6.05. The van der Waals surface area contributed by atoms with Crippen molar-refractivity contribution in [2.24, 2.45) is 0 Å². The lowest BCUT2D eigenvalue weighted by Crippen LogP contribution is -2.44. The van der Waals surface area contributed by atoms with E-state index in [2.05, 4.69) is 10.3 Å². The number of aromatic nitrogens is 1. The third-order valence-corrected chi connectivity index (χ3v) is 10.0. The van der Waals surface area contributed by atoms with Crippen LogP contribution in [0.3, 0.4) is 0 Å². The maximum absolute atomic E-state index is 13.7. The second-order valence-electron chi connectivity index (χ2n) is 10.3. The maximum atomic E-state index is 13.7. The highest BCUT2D eigenvalue weighted by atomic mass is 35.5. The Morgan fingerprint density at radius 3 is 2.36 bits per heavy atom. The Hall–Kier alpha value is -2.04. The number of carbonyl (C=O) groups is 2. The minimum absolute atomic E-state index is 0.0141. The molecule has 9 nitrogen and oxygen atoms in total. The van der Waals surface area contributed by atoms with E-state index < -0.39 is 67.2 Å². The molecule has 1 aliphatic heterocycles. The van der Waals surface area contributed by atoms with E-state index in [0.717, 1.165) is 30.4 Å². The van der Waals surface area contributed by atoms with Crippen LogP contribution in [0.4, 0.5) is 17.6 Å². The number of carbonyl (C=O) groups excluding carboxylic acids is 2. The summed E-state index contributed by atoms with van der Waals surface area (Å²) >= 11 is 13.5. The van der Waals surface area contributed by atoms with Crippen molar-refractivity contribution in [2.45, 2.75) is 75.3 Å². The first-order chi connectivity index (χ1) is 19.4. The molecule has 1 atom stereocenters. The summed E-state index contributed by atoms with van der Waals surface area (Å²) in [5, 5.41) is 11.4. The van der Waals surface area contributed by atoms with Crippen molar-refractivity contribution in [1.29, 1.82) is 0 Å². The van der Waals surface area contributed by atoms with Crippen molar-refractivity contribution in [1.82, 2.24) is 19.9 Å². The molecule has 1 aromatic carbocycles. The molecule has 17 heteroatoms. The monoisotopic (exact) mass is 676 g/mol. The van der Waals surface area contributed by atoms with Crippen molar-refractivity contribution in [2.75, 3.05) is 19.6 Å². The van der Waals surface area contributed by atoms with Crippen LogP contribution in [0.15, 0.2) is 17.0 Å². The van der Waals surface area contributed by atoms with Crippen LogP contribution in [0.1, 0.15) is 66.7 Å². The zero-order valence-electron chi connectivity index (χ0n) is 22.8. The lowest BCUT2D eigenvalue weighted by atomic mass is 10.1. The van der Waals surface area contributed by atoms with Crippen molar-refractivity contribution < 1.29 is 40.7 Å². The number of nitrogens with one attached hydrogen (secondary N) is 2. The molecule has 0 saturated carbocycles. The number of alkyl halides is 4. The molecule has 3 N–H and O–H groups in total. The zero-order valence-corrected chi connectivity index (χ0v) is 26.0. The van der Waals surface area contributed by atoms with Gasteiger partial charge >= 0.3 is 6.18 Å². The molecule has 2 amide bonds. The molecule has 234 valence electrons. The number of thiazole rings is 1. The van der Waals surface area contributed by atoms with Gasteiger partial charge in [-0.05, 0) is 45.6 Å². The first-order valence-electron chi connectivity index (χ1n) is 12.9. The smallest absolute Gasteiger partial charge is 0.390 e. The van der Waals surface area contributed by atoms with Gasteiger partial charge in [-0.15, -0.1) is 11.3 Å². The fourth-order valence-electron chi connectivity index (χ4n) is 4.05. The normalized spacial score (nSPS) is 16.0. The van der Waals surface area contributed by atoms with Crippen LogP contribution in [-0.2, 0) is 10.0 Å². The van der Waals surface area contributed by atoms with Gasteiger partial charge in [0.05, 0.1) is 20.5 Å². The van der Waals surface area contributed by atoms with Crippen LogP contribution in [0.5, 0.6) is 0 Å². The summed E-state index contributed by atoms with van der Waals surface area (Å²) in [6, 6.07) is -0.264. The number of sulfonamides is 1. The summed E-state index contributed by atoms with van der Waals surface area (Å²) in [5.74, 6) is -1.28. The number of rotatable bonds is 10. The number of amides is 2. The molecule has 0 aliphatic carbocycles. The van der Waals surface area contributed by atoms with Gasteiger partial charge in [-0.1, -0.05) is 36.2 Å². The molecule has 2 aromatic rings. The van der Waals surface area contributed by atoms with E-state index in [9.17, 15) is 40.7 Å². The van der Waals surface area contributed by atoms with Gasteiger partial charge in [-0.3, -0.25) is 9.59 Å². The van der Waals surface area contributed by atoms with Crippen LogP contribution in [0, 0.1) is 0 Å². The SMILES string of the molecule is CC[C@H](NS(=O)(=O)c1ccc(-c2sc(C(=O)NCCC(C)(C)O)nc2C(=O)N2CCC(F)CC2)c(Cl)c1Cl)C(F)(F)F. The van der Waals surface area contributed by atoms with Gasteiger partial charge in [-0.2, -0.15) is 17.9 Å². The average Bonchev–Trinajstić information content (AvgIpc) is 3.32. The predicted molar refractivity (Wildman–Crippen MR) is 151 cm³/mol. The van der Waals surface area contributed by atoms with Crippen molar-refractivity contribution >= 4 is 56.4 Å². The molecule has 2 heterocycles. The van der Waals surface area contributed by atoms with Gasteiger partial charge in [0, 0.05) is 25.2 Å². The molecule has 1 fully saturated rings. The van der Waals surface area contributed by atoms with Crippen LogP contribution in [-0.4, -0.2) is 78.8 Å².